The van der Waals surface area contributed by atoms with Crippen molar-refractivity contribution in [1.82, 2.24) is 20.9 Å². The molecule has 1 saturated heterocycles. The van der Waals surface area contributed by atoms with Crippen LogP contribution in [0.25, 0.3) is 0 Å². The minimum atomic E-state index is -0.345. The molecule has 40 heavy (non-hydrogen) atoms. The molecule has 1 atom stereocenters. The summed E-state index contributed by atoms with van der Waals surface area (Å²) >= 11 is 0. The first kappa shape index (κ1) is 35.2. The summed E-state index contributed by atoms with van der Waals surface area (Å²) < 4.78 is 5.45. The van der Waals surface area contributed by atoms with Crippen molar-refractivity contribution in [3.8, 4) is 0 Å². The van der Waals surface area contributed by atoms with Gasteiger partial charge in [0, 0.05) is 71.3 Å². The zero-order chi connectivity index (χ0) is 30.3. The number of imide groups is 1. The fourth-order valence-corrected chi connectivity index (χ4v) is 4.19. The molecule has 0 aromatic rings. The van der Waals surface area contributed by atoms with Crippen LogP contribution >= 0.6 is 0 Å². The largest absolute Gasteiger partial charge is 0.380 e. The Labute approximate surface area is 238 Å². The van der Waals surface area contributed by atoms with E-state index < -0.39 is 0 Å². The van der Waals surface area contributed by atoms with Crippen LogP contribution in [0.3, 0.4) is 0 Å². The van der Waals surface area contributed by atoms with Gasteiger partial charge in [-0.1, -0.05) is 41.5 Å². The molecule has 0 aromatic heterocycles. The molecular weight excluding hydrogens is 516 g/mol. The van der Waals surface area contributed by atoms with Gasteiger partial charge in [-0.2, -0.15) is 0 Å². The predicted molar refractivity (Wildman–Crippen MR) is 151 cm³/mol. The minimum absolute atomic E-state index is 0.00810. The smallest absolute Gasteiger partial charge is 0.233 e. The predicted octanol–water partition coefficient (Wildman–Crippen LogP) is 2.12. The molecule has 0 saturated carbocycles. The van der Waals surface area contributed by atoms with Crippen LogP contribution in [0.1, 0.15) is 92.9 Å². The topological polar surface area (TPSA) is 151 Å². The third kappa shape index (κ3) is 15.1. The number of ketones is 1. The average molecular weight is 567 g/mol. The maximum Gasteiger partial charge on any atom is 0.233 e. The van der Waals surface area contributed by atoms with E-state index in [1.54, 1.807) is 0 Å². The van der Waals surface area contributed by atoms with E-state index in [1.807, 2.05) is 41.5 Å². The highest BCUT2D eigenvalue weighted by Gasteiger charge is 2.44. The lowest BCUT2D eigenvalue weighted by Gasteiger charge is -2.24. The first-order valence-electron chi connectivity index (χ1n) is 14.3. The minimum Gasteiger partial charge on any atom is -0.380 e. The van der Waals surface area contributed by atoms with Crippen LogP contribution in [-0.4, -0.2) is 79.6 Å². The van der Waals surface area contributed by atoms with Gasteiger partial charge >= 0.3 is 0 Å². The van der Waals surface area contributed by atoms with Gasteiger partial charge in [0.05, 0.1) is 12.5 Å². The van der Waals surface area contributed by atoms with Crippen LogP contribution in [0, 0.1) is 16.7 Å². The molecule has 228 valence electrons. The molecule has 1 rings (SSSR count). The summed E-state index contributed by atoms with van der Waals surface area (Å²) in [7, 11) is 0. The molecule has 3 N–H and O–H groups in total. The molecule has 11 nitrogen and oxygen atoms in total. The van der Waals surface area contributed by atoms with Crippen LogP contribution in [0.15, 0.2) is 0 Å². The van der Waals surface area contributed by atoms with E-state index in [0.717, 1.165) is 0 Å². The van der Waals surface area contributed by atoms with Gasteiger partial charge in [-0.15, -0.1) is 0 Å². The summed E-state index contributed by atoms with van der Waals surface area (Å²) in [4.78, 5) is 73.5. The summed E-state index contributed by atoms with van der Waals surface area (Å²) in [6.07, 6.45) is 2.45. The van der Waals surface area contributed by atoms with Crippen molar-refractivity contribution in [2.45, 2.75) is 92.9 Å². The van der Waals surface area contributed by atoms with Gasteiger partial charge in [-0.25, -0.2) is 0 Å². The first-order valence-corrected chi connectivity index (χ1v) is 14.3. The van der Waals surface area contributed by atoms with E-state index in [9.17, 15) is 28.8 Å². The van der Waals surface area contributed by atoms with Gasteiger partial charge < -0.3 is 20.7 Å². The zero-order valence-corrected chi connectivity index (χ0v) is 25.3. The van der Waals surface area contributed by atoms with E-state index in [4.69, 9.17) is 4.74 Å². The lowest BCUT2D eigenvalue weighted by molar-refractivity contribution is -0.140. The number of nitrogens with one attached hydrogen (secondary N) is 3. The van der Waals surface area contributed by atoms with Gasteiger partial charge in [-0.3, -0.25) is 33.7 Å². The molecule has 1 unspecified atom stereocenters. The Balaban J connectivity index is 2.01. The van der Waals surface area contributed by atoms with E-state index in [0.29, 0.717) is 58.5 Å². The molecule has 0 bridgehead atoms. The molecule has 0 radical (unpaired) electrons. The molecule has 1 fully saturated rings. The van der Waals surface area contributed by atoms with Crippen molar-refractivity contribution in [3.63, 3.8) is 0 Å². The van der Waals surface area contributed by atoms with Crippen LogP contribution in [0.2, 0.25) is 0 Å². The van der Waals surface area contributed by atoms with Crippen molar-refractivity contribution < 1.29 is 33.5 Å². The molecule has 0 aliphatic carbocycles. The Hall–Kier alpha value is -2.82. The molecule has 5 amide bonds. The number of carbonyl (C=O) groups is 6. The number of carbonyl (C=O) groups excluding carboxylic acids is 6. The normalized spacial score (nSPS) is 15.8. The van der Waals surface area contributed by atoms with Crippen molar-refractivity contribution >= 4 is 35.3 Å². The number of rotatable bonds is 18. The maximum absolute atomic E-state index is 12.5. The fraction of sp³-hybridized carbons (Fsp3) is 0.793. The molecule has 1 aliphatic rings. The summed E-state index contributed by atoms with van der Waals surface area (Å²) in [5.41, 5.74) is -0.367. The lowest BCUT2D eigenvalue weighted by atomic mass is 9.80. The monoisotopic (exact) mass is 566 g/mol. The third-order valence-corrected chi connectivity index (χ3v) is 6.48. The quantitative estimate of drug-likeness (QED) is 0.170. The Bertz CT molecular complexity index is 890. The van der Waals surface area contributed by atoms with Crippen LogP contribution in [-0.2, 0) is 33.5 Å². The molecule has 1 aliphatic heterocycles. The fourth-order valence-electron chi connectivity index (χ4n) is 4.19. The maximum atomic E-state index is 12.5. The van der Waals surface area contributed by atoms with Gasteiger partial charge in [0.25, 0.3) is 0 Å². The van der Waals surface area contributed by atoms with Gasteiger partial charge in [0.1, 0.15) is 5.78 Å². The molecular formula is C29H50N4O7. The summed E-state index contributed by atoms with van der Waals surface area (Å²) in [6, 6.07) is 0. The van der Waals surface area contributed by atoms with Crippen molar-refractivity contribution in [3.05, 3.63) is 0 Å². The highest BCUT2D eigenvalue weighted by molar-refractivity contribution is 6.04. The number of likely N-dealkylation sites (tertiary alicyclic amines) is 1. The zero-order valence-electron chi connectivity index (χ0n) is 25.3. The molecule has 1 heterocycles. The van der Waals surface area contributed by atoms with Gasteiger partial charge in [0.2, 0.25) is 29.5 Å². The SMILES string of the molecule is CC(C)(C)CC(=O)NCCCC(=O)CCC(=O)NCCOCCCNC(=O)CCN1C(=O)CC(C(C)(C)C)C1=O. The molecule has 11 heteroatoms. The number of amides is 5. The molecule has 0 spiro atoms. The standard InChI is InChI=1S/C29H50N4O7/c1-28(2,3)20-25(37)31-13-7-9-21(34)10-11-23(35)32-15-18-40-17-8-14-30-24(36)12-16-33-26(38)19-22(27(33)39)29(4,5)6/h22H,7-20H2,1-6H3,(H,30,36)(H,31,37)(H,32,35). The lowest BCUT2D eigenvalue weighted by Crippen LogP contribution is -2.37. The molecule has 0 aromatic carbocycles. The van der Waals surface area contributed by atoms with Gasteiger partial charge in [0.15, 0.2) is 0 Å². The van der Waals surface area contributed by atoms with E-state index in [2.05, 4.69) is 16.0 Å². The van der Waals surface area contributed by atoms with Crippen molar-refractivity contribution in [2.24, 2.45) is 16.7 Å². The summed E-state index contributed by atoms with van der Waals surface area (Å²) in [6.45, 7) is 13.8. The second-order valence-corrected chi connectivity index (χ2v) is 12.7. The third-order valence-electron chi connectivity index (χ3n) is 6.48. The van der Waals surface area contributed by atoms with Crippen molar-refractivity contribution in [1.29, 1.82) is 0 Å². The number of hydrogen-bond donors (Lipinski definition) is 3. The van der Waals surface area contributed by atoms with E-state index in [1.165, 1.54) is 4.90 Å². The Morgan fingerprint density at radius 3 is 2.00 bits per heavy atom. The van der Waals surface area contributed by atoms with Crippen LogP contribution in [0.5, 0.6) is 0 Å². The van der Waals surface area contributed by atoms with E-state index >= 15 is 0 Å². The average Bonchev–Trinajstić information content (AvgIpc) is 3.13. The summed E-state index contributed by atoms with van der Waals surface area (Å²) in [5, 5.41) is 8.28. The van der Waals surface area contributed by atoms with Crippen LogP contribution in [0.4, 0.5) is 0 Å². The Morgan fingerprint density at radius 1 is 0.775 bits per heavy atom. The number of Topliss-reactive ketones (excluding diaryl/α,β-unsaturated/α-hetero) is 1. The number of nitrogens with zero attached hydrogens (tertiary/aromatic N) is 1. The summed E-state index contributed by atoms with van der Waals surface area (Å²) in [5.74, 6) is -1.25. The van der Waals surface area contributed by atoms with Crippen molar-refractivity contribution in [2.75, 3.05) is 39.4 Å². The second-order valence-electron chi connectivity index (χ2n) is 12.7. The van der Waals surface area contributed by atoms with Gasteiger partial charge in [-0.05, 0) is 23.7 Å². The highest BCUT2D eigenvalue weighted by Crippen LogP contribution is 2.35. The highest BCUT2D eigenvalue weighted by atomic mass is 16.5. The Kier molecular flexibility index (Phi) is 15.0. The first-order chi connectivity index (χ1) is 18.6. The van der Waals surface area contributed by atoms with E-state index in [-0.39, 0.29) is 84.3 Å². The second kappa shape index (κ2) is 17.1. The number of ether oxygens (including phenoxy) is 1. The van der Waals surface area contributed by atoms with Crippen LogP contribution < -0.4 is 16.0 Å². The Morgan fingerprint density at radius 2 is 1.38 bits per heavy atom. The number of hydrogen-bond acceptors (Lipinski definition) is 7.